The van der Waals surface area contributed by atoms with Crippen LogP contribution in [0.1, 0.15) is 15.9 Å². The van der Waals surface area contributed by atoms with Crippen molar-refractivity contribution in [3.8, 4) is 11.5 Å². The summed E-state index contributed by atoms with van der Waals surface area (Å²) < 4.78 is 37.6. The maximum absolute atomic E-state index is 12.7. The van der Waals surface area contributed by atoms with Gasteiger partial charge in [0.1, 0.15) is 11.5 Å². The largest absolute Gasteiger partial charge is 0.497 e. The van der Waals surface area contributed by atoms with Gasteiger partial charge < -0.3 is 9.47 Å². The molecule has 2 N–H and O–H groups in total. The molecule has 0 radical (unpaired) electrons. The number of carbonyl (C=O) groups excluding carboxylic acids is 2. The summed E-state index contributed by atoms with van der Waals surface area (Å²) in [4.78, 5) is 25.0. The van der Waals surface area contributed by atoms with Gasteiger partial charge in [0.25, 0.3) is 5.91 Å². The first-order chi connectivity index (χ1) is 17.9. The molecule has 188 valence electrons. The summed E-state index contributed by atoms with van der Waals surface area (Å²) >= 11 is 0. The van der Waals surface area contributed by atoms with Crippen molar-refractivity contribution < 1.29 is 27.5 Å². The van der Waals surface area contributed by atoms with Crippen molar-refractivity contribution in [1.29, 1.82) is 0 Å². The molecule has 0 atom stereocenters. The molecule has 0 aliphatic carbocycles. The Morgan fingerprint density at radius 3 is 2.32 bits per heavy atom. The number of nitrogens with zero attached hydrogens (tertiary/aromatic N) is 1. The number of ether oxygens (including phenoxy) is 2. The maximum Gasteiger partial charge on any atom is 0.343 e. The number of methoxy groups -OCH3 is 1. The molecule has 9 nitrogen and oxygen atoms in total. The number of amides is 1. The lowest BCUT2D eigenvalue weighted by Gasteiger charge is -2.11. The first-order valence-electron chi connectivity index (χ1n) is 11.1. The Hall–Kier alpha value is -4.54. The van der Waals surface area contributed by atoms with E-state index in [1.54, 1.807) is 54.6 Å². The molecular formula is C27H23N3O6S. The van der Waals surface area contributed by atoms with Crippen molar-refractivity contribution in [2.45, 2.75) is 4.90 Å². The zero-order valence-electron chi connectivity index (χ0n) is 19.7. The van der Waals surface area contributed by atoms with E-state index in [1.807, 2.05) is 24.3 Å². The van der Waals surface area contributed by atoms with Crippen LogP contribution in [0.15, 0.2) is 101 Å². The molecule has 37 heavy (non-hydrogen) atoms. The number of rotatable bonds is 9. The molecule has 0 aromatic heterocycles. The van der Waals surface area contributed by atoms with E-state index >= 15 is 0 Å². The molecular weight excluding hydrogens is 494 g/mol. The third-order valence-electron chi connectivity index (χ3n) is 5.32. The third-order valence-corrected chi connectivity index (χ3v) is 6.74. The Morgan fingerprint density at radius 1 is 0.892 bits per heavy atom. The monoisotopic (exact) mass is 517 g/mol. The minimum absolute atomic E-state index is 0.0466. The predicted octanol–water partition coefficient (Wildman–Crippen LogP) is 3.50. The van der Waals surface area contributed by atoms with Gasteiger partial charge in [-0.1, -0.05) is 48.5 Å². The Kier molecular flexibility index (Phi) is 7.92. The van der Waals surface area contributed by atoms with Crippen LogP contribution >= 0.6 is 0 Å². The van der Waals surface area contributed by atoms with E-state index in [2.05, 4.69) is 15.2 Å². The second kappa shape index (κ2) is 11.5. The van der Waals surface area contributed by atoms with E-state index < -0.39 is 28.4 Å². The van der Waals surface area contributed by atoms with Crippen molar-refractivity contribution in [3.05, 3.63) is 102 Å². The fourth-order valence-corrected chi connectivity index (χ4v) is 4.44. The summed E-state index contributed by atoms with van der Waals surface area (Å²) in [7, 11) is -2.31. The van der Waals surface area contributed by atoms with Gasteiger partial charge in [-0.15, -0.1) is 0 Å². The molecule has 0 saturated heterocycles. The number of benzene rings is 4. The van der Waals surface area contributed by atoms with E-state index in [0.29, 0.717) is 16.9 Å². The van der Waals surface area contributed by atoms with Crippen molar-refractivity contribution >= 4 is 38.9 Å². The lowest BCUT2D eigenvalue weighted by molar-refractivity contribution is -0.119. The first kappa shape index (κ1) is 25.5. The second-order valence-electron chi connectivity index (χ2n) is 7.75. The number of carbonyl (C=O) groups is 2. The highest BCUT2D eigenvalue weighted by atomic mass is 32.2. The van der Waals surface area contributed by atoms with Gasteiger partial charge in [0.15, 0.2) is 0 Å². The molecule has 0 heterocycles. The Morgan fingerprint density at radius 2 is 1.59 bits per heavy atom. The van der Waals surface area contributed by atoms with E-state index in [1.165, 1.54) is 25.5 Å². The molecule has 10 heteroatoms. The molecule has 4 aromatic rings. The van der Waals surface area contributed by atoms with Gasteiger partial charge in [-0.2, -0.15) is 5.10 Å². The lowest BCUT2D eigenvalue weighted by atomic mass is 10.0. The van der Waals surface area contributed by atoms with Crippen LogP contribution in [0.3, 0.4) is 0 Å². The Bertz CT molecular complexity index is 1550. The number of hydrogen-bond acceptors (Lipinski definition) is 7. The fourth-order valence-electron chi connectivity index (χ4n) is 3.44. The van der Waals surface area contributed by atoms with Crippen LogP contribution in [-0.2, 0) is 14.8 Å². The average molecular weight is 518 g/mol. The molecule has 0 bridgehead atoms. The summed E-state index contributed by atoms with van der Waals surface area (Å²) in [6, 6.07) is 25.1. The van der Waals surface area contributed by atoms with Crippen LogP contribution in [0, 0.1) is 0 Å². The summed E-state index contributed by atoms with van der Waals surface area (Å²) in [6.07, 6.45) is 1.35. The van der Waals surface area contributed by atoms with Gasteiger partial charge in [0, 0.05) is 5.56 Å². The summed E-state index contributed by atoms with van der Waals surface area (Å²) in [5, 5.41) is 5.57. The van der Waals surface area contributed by atoms with Crippen LogP contribution in [0.2, 0.25) is 0 Å². The van der Waals surface area contributed by atoms with E-state index in [-0.39, 0.29) is 10.6 Å². The number of nitrogens with one attached hydrogen (secondary N) is 2. The van der Waals surface area contributed by atoms with Gasteiger partial charge in [0.05, 0.1) is 30.3 Å². The summed E-state index contributed by atoms with van der Waals surface area (Å²) in [5.74, 6) is -0.404. The van der Waals surface area contributed by atoms with Gasteiger partial charge in [-0.3, -0.25) is 4.79 Å². The summed E-state index contributed by atoms with van der Waals surface area (Å²) in [5.41, 5.74) is 3.09. The number of hydrazone groups is 1. The van der Waals surface area contributed by atoms with Gasteiger partial charge in [-0.25, -0.2) is 23.4 Å². The quantitative estimate of drug-likeness (QED) is 0.152. The molecule has 0 saturated carbocycles. The van der Waals surface area contributed by atoms with Crippen LogP contribution in [0.4, 0.5) is 0 Å². The number of hydrogen-bond donors (Lipinski definition) is 2. The SMILES string of the molecule is COc1ccc(C(=O)Oc2ccc3ccccc3c2C=NNC(=O)CNS(=O)(=O)c2ccccc2)cc1. The van der Waals surface area contributed by atoms with Gasteiger partial charge in [-0.05, 0) is 53.2 Å². The number of fused-ring (bicyclic) bond motifs is 1. The molecule has 4 aromatic carbocycles. The topological polar surface area (TPSA) is 123 Å². The van der Waals surface area contributed by atoms with E-state index in [0.717, 1.165) is 10.8 Å². The standard InChI is InChI=1S/C27H23N3O6S/c1-35-21-14-11-20(12-15-21)27(32)36-25-16-13-19-7-5-6-10-23(19)24(25)17-28-30-26(31)18-29-37(33,34)22-8-3-2-4-9-22/h2-17,29H,18H2,1H3,(H,30,31). The molecule has 1 amide bonds. The lowest BCUT2D eigenvalue weighted by Crippen LogP contribution is -2.34. The minimum atomic E-state index is -3.84. The predicted molar refractivity (Wildman–Crippen MR) is 139 cm³/mol. The third kappa shape index (κ3) is 6.37. The Labute approximate surface area is 213 Å². The molecule has 0 unspecified atom stereocenters. The highest BCUT2D eigenvalue weighted by molar-refractivity contribution is 7.89. The van der Waals surface area contributed by atoms with Crippen molar-refractivity contribution in [2.75, 3.05) is 13.7 Å². The normalized spacial score (nSPS) is 11.4. The maximum atomic E-state index is 12.7. The van der Waals surface area contributed by atoms with E-state index in [4.69, 9.17) is 9.47 Å². The number of sulfonamides is 1. The van der Waals surface area contributed by atoms with Gasteiger partial charge in [0.2, 0.25) is 10.0 Å². The van der Waals surface area contributed by atoms with Crippen LogP contribution in [0.5, 0.6) is 11.5 Å². The van der Waals surface area contributed by atoms with Crippen LogP contribution < -0.4 is 19.6 Å². The van der Waals surface area contributed by atoms with Crippen LogP contribution in [-0.4, -0.2) is 40.2 Å². The highest BCUT2D eigenvalue weighted by Crippen LogP contribution is 2.27. The highest BCUT2D eigenvalue weighted by Gasteiger charge is 2.16. The zero-order valence-corrected chi connectivity index (χ0v) is 20.6. The van der Waals surface area contributed by atoms with Crippen LogP contribution in [0.25, 0.3) is 10.8 Å². The molecule has 4 rings (SSSR count). The Balaban J connectivity index is 1.49. The molecule has 0 spiro atoms. The molecule has 0 fully saturated rings. The molecule has 0 aliphatic rings. The fraction of sp³-hybridized carbons (Fsp3) is 0.0741. The number of esters is 1. The van der Waals surface area contributed by atoms with Crippen molar-refractivity contribution in [3.63, 3.8) is 0 Å². The minimum Gasteiger partial charge on any atom is -0.497 e. The van der Waals surface area contributed by atoms with Gasteiger partial charge >= 0.3 is 5.97 Å². The van der Waals surface area contributed by atoms with Crippen molar-refractivity contribution in [1.82, 2.24) is 10.1 Å². The summed E-state index contributed by atoms with van der Waals surface area (Å²) in [6.45, 7) is -0.510. The zero-order chi connectivity index (χ0) is 26.3. The average Bonchev–Trinajstić information content (AvgIpc) is 2.93. The van der Waals surface area contributed by atoms with E-state index in [9.17, 15) is 18.0 Å². The molecule has 0 aliphatic heterocycles. The first-order valence-corrected chi connectivity index (χ1v) is 12.6. The second-order valence-corrected chi connectivity index (χ2v) is 9.51. The smallest absolute Gasteiger partial charge is 0.343 e. The van der Waals surface area contributed by atoms with Crippen molar-refractivity contribution in [2.24, 2.45) is 5.10 Å².